The highest BCUT2D eigenvalue weighted by Crippen LogP contribution is 2.28. The van der Waals surface area contributed by atoms with Crippen molar-refractivity contribution in [2.75, 3.05) is 11.9 Å². The molecule has 2 rings (SSSR count). The Morgan fingerprint density at radius 3 is 2.43 bits per heavy atom. The average Bonchev–Trinajstić information content (AvgIpc) is 2.70. The molecule has 0 atom stereocenters. The molecule has 7 nitrogen and oxygen atoms in total. The van der Waals surface area contributed by atoms with Crippen LogP contribution in [-0.2, 0) is 9.59 Å². The van der Waals surface area contributed by atoms with Gasteiger partial charge in [-0.15, -0.1) is 0 Å². The van der Waals surface area contributed by atoms with E-state index >= 15 is 0 Å². The van der Waals surface area contributed by atoms with E-state index < -0.39 is 5.91 Å². The van der Waals surface area contributed by atoms with E-state index in [2.05, 4.69) is 15.8 Å². The first kappa shape index (κ1) is 22.9. The first-order valence-corrected chi connectivity index (χ1v) is 9.68. The number of hydrogen-bond donors (Lipinski definition) is 2. The number of benzene rings is 2. The number of nitrogens with zero attached hydrogens (tertiary/aromatic N) is 1. The quantitative estimate of drug-likeness (QED) is 0.455. The number of anilines is 1. The van der Waals surface area contributed by atoms with Crippen molar-refractivity contribution in [3.63, 3.8) is 0 Å². The van der Waals surface area contributed by atoms with E-state index in [-0.39, 0.29) is 30.7 Å². The van der Waals surface area contributed by atoms with Gasteiger partial charge < -0.3 is 14.8 Å². The van der Waals surface area contributed by atoms with Crippen molar-refractivity contribution >= 4 is 23.7 Å². The predicted octanol–water partition coefficient (Wildman–Crippen LogP) is 3.88. The number of hydrogen-bond acceptors (Lipinski definition) is 5. The number of carbonyl (C=O) groups is 2. The lowest BCUT2D eigenvalue weighted by Crippen LogP contribution is -2.20. The number of amides is 2. The van der Waals surface area contributed by atoms with Gasteiger partial charge in [-0.3, -0.25) is 9.59 Å². The molecular weight excluding hydrogens is 389 g/mol. The summed E-state index contributed by atoms with van der Waals surface area (Å²) in [5.41, 5.74) is 3.58. The zero-order chi connectivity index (χ0) is 21.9. The zero-order valence-corrected chi connectivity index (χ0v) is 17.3. The fourth-order valence-electron chi connectivity index (χ4n) is 2.44. The van der Waals surface area contributed by atoms with Crippen molar-refractivity contribution in [1.29, 1.82) is 0 Å². The van der Waals surface area contributed by atoms with E-state index in [9.17, 15) is 14.0 Å². The molecule has 0 spiro atoms. The standard InChI is InChI=1S/C22H26FN3O4/c1-4-29-20-13-16(5-10-19(20)30-15(2)3)14-24-26-22(28)12-11-21(27)25-18-8-6-17(23)7-9-18/h5-10,13-15H,4,11-12H2,1-3H3,(H,25,27)(H,26,28). The predicted molar refractivity (Wildman–Crippen MR) is 113 cm³/mol. The van der Waals surface area contributed by atoms with E-state index in [1.807, 2.05) is 20.8 Å². The molecule has 0 saturated carbocycles. The van der Waals surface area contributed by atoms with Crippen LogP contribution in [0.2, 0.25) is 0 Å². The zero-order valence-electron chi connectivity index (χ0n) is 17.3. The topological polar surface area (TPSA) is 89.0 Å². The van der Waals surface area contributed by atoms with E-state index in [1.165, 1.54) is 30.5 Å². The highest BCUT2D eigenvalue weighted by molar-refractivity contribution is 5.93. The van der Waals surface area contributed by atoms with Crippen LogP contribution in [0.1, 0.15) is 39.2 Å². The summed E-state index contributed by atoms with van der Waals surface area (Å²) in [7, 11) is 0. The Morgan fingerprint density at radius 2 is 1.77 bits per heavy atom. The van der Waals surface area contributed by atoms with Crippen LogP contribution >= 0.6 is 0 Å². The van der Waals surface area contributed by atoms with Crippen LogP contribution in [0, 0.1) is 5.82 Å². The summed E-state index contributed by atoms with van der Waals surface area (Å²) in [4.78, 5) is 23.7. The Labute approximate surface area is 175 Å². The summed E-state index contributed by atoms with van der Waals surface area (Å²) >= 11 is 0. The molecular formula is C22H26FN3O4. The van der Waals surface area contributed by atoms with Crippen LogP contribution in [0.5, 0.6) is 11.5 Å². The van der Waals surface area contributed by atoms with Gasteiger partial charge in [-0.25, -0.2) is 9.82 Å². The lowest BCUT2D eigenvalue weighted by atomic mass is 10.2. The fourth-order valence-corrected chi connectivity index (χ4v) is 2.44. The molecule has 0 aliphatic heterocycles. The molecule has 2 amide bonds. The number of rotatable bonds is 10. The summed E-state index contributed by atoms with van der Waals surface area (Å²) in [5, 5.41) is 6.50. The molecule has 0 aromatic heterocycles. The smallest absolute Gasteiger partial charge is 0.240 e. The normalized spacial score (nSPS) is 10.8. The molecule has 0 heterocycles. The molecule has 2 aromatic carbocycles. The van der Waals surface area contributed by atoms with Gasteiger partial charge in [-0.2, -0.15) is 5.10 Å². The van der Waals surface area contributed by atoms with Gasteiger partial charge >= 0.3 is 0 Å². The highest BCUT2D eigenvalue weighted by Gasteiger charge is 2.09. The molecule has 2 N–H and O–H groups in total. The second kappa shape index (κ2) is 11.5. The van der Waals surface area contributed by atoms with Gasteiger partial charge in [0.25, 0.3) is 0 Å². The molecule has 0 unspecified atom stereocenters. The minimum atomic E-state index is -0.398. The van der Waals surface area contributed by atoms with Gasteiger partial charge in [-0.1, -0.05) is 0 Å². The Morgan fingerprint density at radius 1 is 1.07 bits per heavy atom. The van der Waals surface area contributed by atoms with Gasteiger partial charge in [0.2, 0.25) is 11.8 Å². The molecule has 0 fully saturated rings. The van der Waals surface area contributed by atoms with Crippen molar-refractivity contribution in [3.05, 3.63) is 53.8 Å². The monoisotopic (exact) mass is 415 g/mol. The third kappa shape index (κ3) is 7.90. The second-order valence-electron chi connectivity index (χ2n) is 6.65. The van der Waals surface area contributed by atoms with Gasteiger partial charge in [-0.05, 0) is 68.8 Å². The van der Waals surface area contributed by atoms with E-state index in [0.29, 0.717) is 23.8 Å². The lowest BCUT2D eigenvalue weighted by Gasteiger charge is -2.14. The molecule has 0 saturated heterocycles. The lowest BCUT2D eigenvalue weighted by molar-refractivity contribution is -0.124. The Bertz CT molecular complexity index is 882. The van der Waals surface area contributed by atoms with Crippen LogP contribution < -0.4 is 20.2 Å². The average molecular weight is 415 g/mol. The number of hydrazone groups is 1. The second-order valence-corrected chi connectivity index (χ2v) is 6.65. The molecule has 2 aromatic rings. The first-order valence-electron chi connectivity index (χ1n) is 9.68. The van der Waals surface area contributed by atoms with Crippen molar-refractivity contribution in [2.45, 2.75) is 39.7 Å². The summed E-state index contributed by atoms with van der Waals surface area (Å²) in [6.07, 6.45) is 1.45. The molecule has 0 radical (unpaired) electrons. The SMILES string of the molecule is CCOc1cc(C=NNC(=O)CCC(=O)Nc2ccc(F)cc2)ccc1OC(C)C. The van der Waals surface area contributed by atoms with E-state index in [0.717, 1.165) is 5.56 Å². The minimum Gasteiger partial charge on any atom is -0.490 e. The maximum atomic E-state index is 12.9. The third-order valence-corrected chi connectivity index (χ3v) is 3.74. The van der Waals surface area contributed by atoms with Crippen LogP contribution in [0.3, 0.4) is 0 Å². The van der Waals surface area contributed by atoms with Crippen LogP contribution in [-0.4, -0.2) is 30.7 Å². The number of ether oxygens (including phenoxy) is 2. The van der Waals surface area contributed by atoms with Crippen molar-refractivity contribution in [1.82, 2.24) is 5.43 Å². The number of nitrogens with one attached hydrogen (secondary N) is 2. The minimum absolute atomic E-state index is 0.0169. The maximum absolute atomic E-state index is 12.9. The Hall–Kier alpha value is -3.42. The van der Waals surface area contributed by atoms with Crippen LogP contribution in [0.4, 0.5) is 10.1 Å². The molecule has 0 aliphatic carbocycles. The Kier molecular flexibility index (Phi) is 8.80. The van der Waals surface area contributed by atoms with Crippen molar-refractivity contribution in [3.8, 4) is 11.5 Å². The summed E-state index contributed by atoms with van der Waals surface area (Å²) in [6.45, 7) is 6.24. The summed E-state index contributed by atoms with van der Waals surface area (Å²) in [6, 6.07) is 10.7. The number of carbonyl (C=O) groups excluding carboxylic acids is 2. The highest BCUT2D eigenvalue weighted by atomic mass is 19.1. The largest absolute Gasteiger partial charge is 0.490 e. The van der Waals surface area contributed by atoms with E-state index in [4.69, 9.17) is 9.47 Å². The summed E-state index contributed by atoms with van der Waals surface area (Å²) < 4.78 is 24.1. The van der Waals surface area contributed by atoms with E-state index in [1.54, 1.807) is 18.2 Å². The van der Waals surface area contributed by atoms with Crippen LogP contribution in [0.15, 0.2) is 47.6 Å². The first-order chi connectivity index (χ1) is 14.4. The number of halogens is 1. The van der Waals surface area contributed by atoms with Crippen LogP contribution in [0.25, 0.3) is 0 Å². The molecule has 8 heteroatoms. The van der Waals surface area contributed by atoms with Crippen molar-refractivity contribution in [2.24, 2.45) is 5.10 Å². The van der Waals surface area contributed by atoms with Gasteiger partial charge in [0, 0.05) is 18.5 Å². The van der Waals surface area contributed by atoms with Gasteiger partial charge in [0.15, 0.2) is 11.5 Å². The van der Waals surface area contributed by atoms with Crippen molar-refractivity contribution < 1.29 is 23.5 Å². The summed E-state index contributed by atoms with van der Waals surface area (Å²) in [5.74, 6) is 0.105. The van der Waals surface area contributed by atoms with Gasteiger partial charge in [0.1, 0.15) is 5.82 Å². The third-order valence-electron chi connectivity index (χ3n) is 3.74. The maximum Gasteiger partial charge on any atom is 0.240 e. The molecule has 160 valence electrons. The molecule has 0 bridgehead atoms. The van der Waals surface area contributed by atoms with Gasteiger partial charge in [0.05, 0.1) is 18.9 Å². The molecule has 30 heavy (non-hydrogen) atoms. The Balaban J connectivity index is 1.82. The fraction of sp³-hybridized carbons (Fsp3) is 0.318. The molecule has 0 aliphatic rings.